The van der Waals surface area contributed by atoms with Gasteiger partial charge in [0.15, 0.2) is 0 Å². The van der Waals surface area contributed by atoms with Crippen LogP contribution in [-0.2, 0) is 4.79 Å². The van der Waals surface area contributed by atoms with Crippen LogP contribution in [0.25, 0.3) is 0 Å². The van der Waals surface area contributed by atoms with Gasteiger partial charge in [-0.15, -0.1) is 0 Å². The molecule has 0 saturated carbocycles. The molecular formula is C10H12O. The number of carbonyl (C=O) groups is 1. The number of allylic oxidation sites excluding steroid dienone is 7. The summed E-state index contributed by atoms with van der Waals surface area (Å²) in [7, 11) is 0. The topological polar surface area (TPSA) is 17.1 Å². The molecule has 0 aromatic heterocycles. The fourth-order valence-corrected chi connectivity index (χ4v) is 0.549. The molecule has 0 aromatic rings. The third-order valence-corrected chi connectivity index (χ3v) is 1.08. The zero-order valence-corrected chi connectivity index (χ0v) is 6.66. The highest BCUT2D eigenvalue weighted by atomic mass is 16.1. The van der Waals surface area contributed by atoms with E-state index in [1.54, 1.807) is 12.2 Å². The molecule has 0 aliphatic heterocycles. The van der Waals surface area contributed by atoms with E-state index in [1.807, 2.05) is 25.2 Å². The second-order valence-electron chi connectivity index (χ2n) is 1.89. The average molecular weight is 148 g/mol. The normalized spacial score (nSPS) is 12.6. The monoisotopic (exact) mass is 148 g/mol. The molecule has 0 aromatic carbocycles. The lowest BCUT2D eigenvalue weighted by molar-refractivity contribution is -0.104. The van der Waals surface area contributed by atoms with Gasteiger partial charge in [-0.3, -0.25) is 4.79 Å². The fraction of sp³-hybridized carbons (Fsp3) is 0.100. The van der Waals surface area contributed by atoms with Gasteiger partial charge in [0.05, 0.1) is 0 Å². The first-order valence-electron chi connectivity index (χ1n) is 3.42. The van der Waals surface area contributed by atoms with Gasteiger partial charge in [0, 0.05) is 0 Å². The zero-order valence-electron chi connectivity index (χ0n) is 6.66. The summed E-state index contributed by atoms with van der Waals surface area (Å²) in [6.07, 6.45) is 11.3. The van der Waals surface area contributed by atoms with Crippen molar-refractivity contribution in [2.75, 3.05) is 0 Å². The number of hydrogen-bond acceptors (Lipinski definition) is 1. The highest BCUT2D eigenvalue weighted by Crippen LogP contribution is 1.97. The SMILES string of the molecule is C=CC(/C=C/C=O)=C\C=C/C. The van der Waals surface area contributed by atoms with E-state index in [0.717, 1.165) is 11.9 Å². The molecule has 0 aliphatic carbocycles. The van der Waals surface area contributed by atoms with Crippen molar-refractivity contribution in [3.05, 3.63) is 48.6 Å². The van der Waals surface area contributed by atoms with Crippen molar-refractivity contribution in [1.82, 2.24) is 0 Å². The first-order valence-corrected chi connectivity index (χ1v) is 3.42. The van der Waals surface area contributed by atoms with Crippen LogP contribution in [-0.4, -0.2) is 6.29 Å². The molecule has 0 spiro atoms. The van der Waals surface area contributed by atoms with Crippen molar-refractivity contribution < 1.29 is 4.79 Å². The Morgan fingerprint density at radius 2 is 2.09 bits per heavy atom. The van der Waals surface area contributed by atoms with Crippen LogP contribution < -0.4 is 0 Å². The lowest BCUT2D eigenvalue weighted by Crippen LogP contribution is -1.69. The Morgan fingerprint density at radius 1 is 1.36 bits per heavy atom. The number of hydrogen-bond donors (Lipinski definition) is 0. The predicted octanol–water partition coefficient (Wildman–Crippen LogP) is 2.43. The van der Waals surface area contributed by atoms with Crippen LogP contribution in [0.5, 0.6) is 0 Å². The van der Waals surface area contributed by atoms with Gasteiger partial charge >= 0.3 is 0 Å². The van der Waals surface area contributed by atoms with E-state index in [9.17, 15) is 4.79 Å². The minimum Gasteiger partial charge on any atom is -0.299 e. The Labute approximate surface area is 67.4 Å². The highest BCUT2D eigenvalue weighted by molar-refractivity contribution is 5.66. The molecule has 0 radical (unpaired) electrons. The molecule has 58 valence electrons. The van der Waals surface area contributed by atoms with E-state index >= 15 is 0 Å². The van der Waals surface area contributed by atoms with Gasteiger partial charge in [-0.25, -0.2) is 0 Å². The standard InChI is InChI=1S/C10H12O/c1-3-5-7-10(4-2)8-6-9-11/h3-9H,2H2,1H3/b5-3-,8-6+,10-7+. The molecule has 0 heterocycles. The van der Waals surface area contributed by atoms with Crippen LogP contribution in [0.2, 0.25) is 0 Å². The first kappa shape index (κ1) is 9.63. The Kier molecular flexibility index (Phi) is 5.91. The smallest absolute Gasteiger partial charge is 0.142 e. The molecule has 0 atom stereocenters. The summed E-state index contributed by atoms with van der Waals surface area (Å²) in [5, 5.41) is 0. The van der Waals surface area contributed by atoms with Gasteiger partial charge in [-0.1, -0.05) is 37.0 Å². The van der Waals surface area contributed by atoms with Gasteiger partial charge in [-0.05, 0) is 18.6 Å². The lowest BCUT2D eigenvalue weighted by Gasteiger charge is -1.86. The van der Waals surface area contributed by atoms with Crippen molar-refractivity contribution in [2.45, 2.75) is 6.92 Å². The molecule has 0 N–H and O–H groups in total. The first-order chi connectivity index (χ1) is 5.35. The van der Waals surface area contributed by atoms with Crippen molar-refractivity contribution in [3.63, 3.8) is 0 Å². The summed E-state index contributed by atoms with van der Waals surface area (Å²) in [5.41, 5.74) is 0.926. The molecule has 1 heteroatoms. The Balaban J connectivity index is 4.26. The molecule has 0 bridgehead atoms. The molecule has 0 saturated heterocycles. The van der Waals surface area contributed by atoms with E-state index in [1.165, 1.54) is 6.08 Å². The molecule has 0 amide bonds. The van der Waals surface area contributed by atoms with E-state index in [4.69, 9.17) is 0 Å². The Morgan fingerprint density at radius 3 is 2.55 bits per heavy atom. The zero-order chi connectivity index (χ0) is 8.53. The van der Waals surface area contributed by atoms with Gasteiger partial charge < -0.3 is 0 Å². The largest absolute Gasteiger partial charge is 0.299 e. The Hall–Kier alpha value is -1.37. The van der Waals surface area contributed by atoms with Crippen LogP contribution >= 0.6 is 0 Å². The van der Waals surface area contributed by atoms with Gasteiger partial charge in [0.25, 0.3) is 0 Å². The highest BCUT2D eigenvalue weighted by Gasteiger charge is 1.78. The molecular weight excluding hydrogens is 136 g/mol. The molecule has 11 heavy (non-hydrogen) atoms. The van der Waals surface area contributed by atoms with Gasteiger partial charge in [0.2, 0.25) is 0 Å². The van der Waals surface area contributed by atoms with Crippen molar-refractivity contribution in [1.29, 1.82) is 0 Å². The number of aldehydes is 1. The summed E-state index contributed by atoms with van der Waals surface area (Å²) in [4.78, 5) is 9.93. The van der Waals surface area contributed by atoms with Crippen molar-refractivity contribution in [3.8, 4) is 0 Å². The second kappa shape index (κ2) is 6.75. The van der Waals surface area contributed by atoms with E-state index in [-0.39, 0.29) is 0 Å². The fourth-order valence-electron chi connectivity index (χ4n) is 0.549. The number of rotatable bonds is 4. The second-order valence-corrected chi connectivity index (χ2v) is 1.89. The van der Waals surface area contributed by atoms with Crippen LogP contribution in [0.4, 0.5) is 0 Å². The van der Waals surface area contributed by atoms with Crippen LogP contribution in [0, 0.1) is 0 Å². The molecule has 0 aliphatic rings. The van der Waals surface area contributed by atoms with Crippen LogP contribution in [0.3, 0.4) is 0 Å². The molecule has 1 nitrogen and oxygen atoms in total. The van der Waals surface area contributed by atoms with Gasteiger partial charge in [-0.2, -0.15) is 0 Å². The van der Waals surface area contributed by atoms with E-state index in [2.05, 4.69) is 6.58 Å². The van der Waals surface area contributed by atoms with E-state index < -0.39 is 0 Å². The Bertz CT molecular complexity index is 207. The lowest BCUT2D eigenvalue weighted by atomic mass is 10.2. The summed E-state index contributed by atoms with van der Waals surface area (Å²) in [6, 6.07) is 0. The third-order valence-electron chi connectivity index (χ3n) is 1.08. The summed E-state index contributed by atoms with van der Waals surface area (Å²) in [5.74, 6) is 0. The van der Waals surface area contributed by atoms with Crippen molar-refractivity contribution >= 4 is 6.29 Å². The maximum Gasteiger partial charge on any atom is 0.142 e. The molecule has 0 unspecified atom stereocenters. The van der Waals surface area contributed by atoms with Crippen molar-refractivity contribution in [2.24, 2.45) is 0 Å². The maximum atomic E-state index is 9.93. The molecule has 0 rings (SSSR count). The minimum atomic E-state index is 0.743. The summed E-state index contributed by atoms with van der Waals surface area (Å²) >= 11 is 0. The third kappa shape index (κ3) is 5.09. The maximum absolute atomic E-state index is 9.93. The quantitative estimate of drug-likeness (QED) is 0.340. The summed E-state index contributed by atoms with van der Waals surface area (Å²) < 4.78 is 0. The van der Waals surface area contributed by atoms with Gasteiger partial charge in [0.1, 0.15) is 6.29 Å². The number of carbonyl (C=O) groups excluding carboxylic acids is 1. The van der Waals surface area contributed by atoms with Crippen LogP contribution in [0.1, 0.15) is 6.92 Å². The minimum absolute atomic E-state index is 0.743. The molecule has 0 fully saturated rings. The summed E-state index contributed by atoms with van der Waals surface area (Å²) in [6.45, 7) is 5.53. The average Bonchev–Trinajstić information content (AvgIpc) is 2.05. The predicted molar refractivity (Wildman–Crippen MR) is 48.3 cm³/mol. The van der Waals surface area contributed by atoms with Crippen LogP contribution in [0.15, 0.2) is 48.6 Å². The van der Waals surface area contributed by atoms with E-state index in [0.29, 0.717) is 0 Å².